The number of aromatic nitrogens is 2. The van der Waals surface area contributed by atoms with Gasteiger partial charge in [-0.15, -0.1) is 0 Å². The van der Waals surface area contributed by atoms with Crippen molar-refractivity contribution < 1.29 is 19.4 Å². The van der Waals surface area contributed by atoms with Crippen molar-refractivity contribution in [3.05, 3.63) is 88.4 Å². The molecular formula is C23H17ClN4O4. The Morgan fingerprint density at radius 1 is 1.16 bits per heavy atom. The molecule has 0 fully saturated rings. The number of carbonyl (C=O) groups is 2. The number of rotatable bonds is 3. The van der Waals surface area contributed by atoms with Gasteiger partial charge in [-0.05, 0) is 42.5 Å². The Kier molecular flexibility index (Phi) is 4.61. The molecule has 3 N–H and O–H groups in total. The van der Waals surface area contributed by atoms with Crippen LogP contribution in [0.5, 0.6) is 0 Å². The van der Waals surface area contributed by atoms with Gasteiger partial charge in [0.15, 0.2) is 5.72 Å². The molecule has 9 heteroatoms. The standard InChI is InChI=1S/C23H17ClN4O4/c1-32-22(30)27-21-25-18-11-6-13(12-19(18)26-21)23(31)17-5-3-2-4-16(17)20(29)28(23)15-9-7-14(24)8-10-15/h2-12,31H,1H3,(H2,25,26,27,30). The number of benzene rings is 3. The van der Waals surface area contributed by atoms with Crippen molar-refractivity contribution in [2.45, 2.75) is 5.72 Å². The molecule has 1 unspecified atom stereocenters. The Morgan fingerprint density at radius 3 is 2.66 bits per heavy atom. The van der Waals surface area contributed by atoms with Gasteiger partial charge >= 0.3 is 6.09 Å². The van der Waals surface area contributed by atoms with Crippen molar-refractivity contribution >= 4 is 46.3 Å². The first-order valence-corrected chi connectivity index (χ1v) is 10.1. The zero-order chi connectivity index (χ0) is 22.5. The molecule has 1 aliphatic rings. The zero-order valence-corrected chi connectivity index (χ0v) is 17.6. The van der Waals surface area contributed by atoms with Crippen LogP contribution in [-0.4, -0.2) is 34.2 Å². The fourth-order valence-electron chi connectivity index (χ4n) is 3.97. The van der Waals surface area contributed by atoms with Crippen LogP contribution in [0.15, 0.2) is 66.7 Å². The van der Waals surface area contributed by atoms with Gasteiger partial charge in [-0.1, -0.05) is 35.9 Å². The number of amides is 2. The molecule has 0 saturated carbocycles. The number of H-pyrrole nitrogens is 1. The molecule has 2 amide bonds. The summed E-state index contributed by atoms with van der Waals surface area (Å²) in [6.45, 7) is 0. The molecule has 0 spiro atoms. The number of nitrogens with one attached hydrogen (secondary N) is 2. The number of hydrogen-bond donors (Lipinski definition) is 3. The number of hydrogen-bond acceptors (Lipinski definition) is 5. The number of carbonyl (C=O) groups excluding carboxylic acids is 2. The van der Waals surface area contributed by atoms with Crippen LogP contribution in [-0.2, 0) is 10.5 Å². The molecule has 3 aromatic carbocycles. The van der Waals surface area contributed by atoms with Gasteiger partial charge in [0.2, 0.25) is 5.95 Å². The lowest BCUT2D eigenvalue weighted by Crippen LogP contribution is -2.45. The van der Waals surface area contributed by atoms with Crippen molar-refractivity contribution in [1.29, 1.82) is 0 Å². The van der Waals surface area contributed by atoms with Gasteiger partial charge in [0, 0.05) is 27.4 Å². The molecule has 4 aromatic rings. The van der Waals surface area contributed by atoms with Gasteiger partial charge in [-0.2, -0.15) is 0 Å². The Bertz CT molecular complexity index is 1370. The summed E-state index contributed by atoms with van der Waals surface area (Å²) < 4.78 is 4.59. The fourth-order valence-corrected chi connectivity index (χ4v) is 4.10. The monoisotopic (exact) mass is 448 g/mol. The molecule has 0 aliphatic carbocycles. The van der Waals surface area contributed by atoms with Crippen LogP contribution in [0, 0.1) is 0 Å². The minimum absolute atomic E-state index is 0.202. The zero-order valence-electron chi connectivity index (χ0n) is 16.8. The molecule has 0 radical (unpaired) electrons. The van der Waals surface area contributed by atoms with Gasteiger partial charge in [0.05, 0.1) is 18.1 Å². The molecule has 32 heavy (non-hydrogen) atoms. The van der Waals surface area contributed by atoms with E-state index in [4.69, 9.17) is 11.6 Å². The highest BCUT2D eigenvalue weighted by Crippen LogP contribution is 2.45. The molecular weight excluding hydrogens is 432 g/mol. The number of fused-ring (bicyclic) bond motifs is 2. The highest BCUT2D eigenvalue weighted by atomic mass is 35.5. The average molecular weight is 449 g/mol. The summed E-state index contributed by atoms with van der Waals surface area (Å²) in [6.07, 6.45) is -0.660. The van der Waals surface area contributed by atoms with E-state index in [-0.39, 0.29) is 11.9 Å². The molecule has 1 atom stereocenters. The lowest BCUT2D eigenvalue weighted by molar-refractivity contribution is 0.0704. The predicted octanol–water partition coefficient (Wildman–Crippen LogP) is 4.25. The van der Waals surface area contributed by atoms with Crippen molar-refractivity contribution in [3.63, 3.8) is 0 Å². The maximum atomic E-state index is 13.3. The highest BCUT2D eigenvalue weighted by Gasteiger charge is 2.50. The lowest BCUT2D eigenvalue weighted by atomic mass is 9.93. The molecule has 0 bridgehead atoms. The lowest BCUT2D eigenvalue weighted by Gasteiger charge is -2.35. The van der Waals surface area contributed by atoms with E-state index in [9.17, 15) is 14.7 Å². The van der Waals surface area contributed by atoms with Crippen molar-refractivity contribution in [2.24, 2.45) is 0 Å². The molecule has 1 aromatic heterocycles. The molecule has 8 nitrogen and oxygen atoms in total. The van der Waals surface area contributed by atoms with Gasteiger partial charge < -0.3 is 14.8 Å². The van der Waals surface area contributed by atoms with Crippen LogP contribution >= 0.6 is 11.6 Å². The second kappa shape index (κ2) is 7.37. The minimum atomic E-state index is -1.77. The van der Waals surface area contributed by atoms with Crippen LogP contribution in [0.4, 0.5) is 16.4 Å². The first-order valence-electron chi connectivity index (χ1n) is 9.69. The maximum absolute atomic E-state index is 13.3. The number of halogens is 1. The average Bonchev–Trinajstić information content (AvgIpc) is 3.30. The third-order valence-electron chi connectivity index (χ3n) is 5.43. The SMILES string of the molecule is COC(=O)Nc1nc2ccc(C3(O)c4ccccc4C(=O)N3c3ccc(Cl)cc3)cc2[nH]1. The fraction of sp³-hybridized carbons (Fsp3) is 0.0870. The summed E-state index contributed by atoms with van der Waals surface area (Å²) in [5, 5.41) is 15.1. The second-order valence-corrected chi connectivity index (χ2v) is 7.71. The van der Waals surface area contributed by atoms with Crippen LogP contribution < -0.4 is 10.2 Å². The molecule has 5 rings (SSSR count). The number of anilines is 2. The normalized spacial score (nSPS) is 17.5. The van der Waals surface area contributed by atoms with Crippen LogP contribution in [0.3, 0.4) is 0 Å². The Balaban J connectivity index is 1.67. The number of imidazole rings is 1. The maximum Gasteiger partial charge on any atom is 0.413 e. The van der Waals surface area contributed by atoms with Gasteiger partial charge in [-0.3, -0.25) is 15.0 Å². The molecule has 0 saturated heterocycles. The number of aromatic amines is 1. The van der Waals surface area contributed by atoms with E-state index < -0.39 is 11.8 Å². The van der Waals surface area contributed by atoms with Gasteiger partial charge in [0.25, 0.3) is 5.91 Å². The van der Waals surface area contributed by atoms with Crippen molar-refractivity contribution in [1.82, 2.24) is 9.97 Å². The van der Waals surface area contributed by atoms with E-state index in [1.54, 1.807) is 66.7 Å². The Morgan fingerprint density at radius 2 is 1.91 bits per heavy atom. The summed E-state index contributed by atoms with van der Waals surface area (Å²) in [6, 6.07) is 18.7. The predicted molar refractivity (Wildman–Crippen MR) is 120 cm³/mol. The van der Waals surface area contributed by atoms with Gasteiger partial charge in [0.1, 0.15) is 0 Å². The molecule has 2 heterocycles. The smallest absolute Gasteiger partial charge is 0.413 e. The Hall–Kier alpha value is -3.88. The van der Waals surface area contributed by atoms with Gasteiger partial charge in [-0.25, -0.2) is 9.78 Å². The summed E-state index contributed by atoms with van der Waals surface area (Å²) in [7, 11) is 1.26. The second-order valence-electron chi connectivity index (χ2n) is 7.27. The number of ether oxygens (including phenoxy) is 1. The largest absolute Gasteiger partial charge is 0.453 e. The van der Waals surface area contributed by atoms with E-state index in [0.717, 1.165) is 0 Å². The molecule has 1 aliphatic heterocycles. The number of aliphatic hydroxyl groups is 1. The quantitative estimate of drug-likeness (QED) is 0.434. The Labute approximate surface area is 187 Å². The van der Waals surface area contributed by atoms with Crippen LogP contribution in [0.2, 0.25) is 5.02 Å². The summed E-state index contributed by atoms with van der Waals surface area (Å²) in [5.74, 6) is -0.128. The third-order valence-corrected chi connectivity index (χ3v) is 5.69. The summed E-state index contributed by atoms with van der Waals surface area (Å²) >= 11 is 6.03. The van der Waals surface area contributed by atoms with Crippen molar-refractivity contribution in [3.8, 4) is 0 Å². The summed E-state index contributed by atoms with van der Waals surface area (Å²) in [4.78, 5) is 33.5. The highest BCUT2D eigenvalue weighted by molar-refractivity contribution is 6.30. The van der Waals surface area contributed by atoms with Crippen molar-refractivity contribution in [2.75, 3.05) is 17.3 Å². The van der Waals surface area contributed by atoms with Crippen LogP contribution in [0.25, 0.3) is 11.0 Å². The van der Waals surface area contributed by atoms with Crippen LogP contribution in [0.1, 0.15) is 21.5 Å². The first-order chi connectivity index (χ1) is 15.4. The van der Waals surface area contributed by atoms with E-state index in [1.165, 1.54) is 12.0 Å². The first kappa shape index (κ1) is 20.0. The topological polar surface area (TPSA) is 108 Å². The third kappa shape index (κ3) is 3.00. The minimum Gasteiger partial charge on any atom is -0.453 e. The summed E-state index contributed by atoms with van der Waals surface area (Å²) in [5.41, 5.74) is 1.18. The number of methoxy groups -OCH3 is 1. The molecule has 160 valence electrons. The number of nitrogens with zero attached hydrogens (tertiary/aromatic N) is 2. The van der Waals surface area contributed by atoms with E-state index in [1.807, 2.05) is 0 Å². The van der Waals surface area contributed by atoms with E-state index in [0.29, 0.717) is 38.4 Å². The van der Waals surface area contributed by atoms with E-state index >= 15 is 0 Å². The van der Waals surface area contributed by atoms with E-state index in [2.05, 4.69) is 20.0 Å².